The van der Waals surface area contributed by atoms with Gasteiger partial charge in [-0.3, -0.25) is 0 Å². The topological polar surface area (TPSA) is 38.3 Å². The number of hydrogen-bond donors (Lipinski definition) is 1. The van der Waals surface area contributed by atoms with E-state index in [0.717, 1.165) is 5.56 Å². The van der Waals surface area contributed by atoms with Crippen molar-refractivity contribution >= 4 is 6.09 Å². The quantitative estimate of drug-likeness (QED) is 0.822. The molecule has 3 heteroatoms. The molecule has 1 aromatic carbocycles. The summed E-state index contributed by atoms with van der Waals surface area (Å²) in [6.45, 7) is 5.97. The molecule has 0 unspecified atom stereocenters. The molecule has 0 heterocycles. The Morgan fingerprint density at radius 3 is 2.67 bits per heavy atom. The van der Waals surface area contributed by atoms with E-state index < -0.39 is 6.09 Å². The van der Waals surface area contributed by atoms with Crippen molar-refractivity contribution in [3.05, 3.63) is 42.4 Å². The van der Waals surface area contributed by atoms with Crippen LogP contribution in [-0.2, 0) is 11.3 Å². The Morgan fingerprint density at radius 1 is 1.40 bits per heavy atom. The number of carbonyl (C=O) groups is 1. The summed E-state index contributed by atoms with van der Waals surface area (Å²) in [7, 11) is 0. The molecule has 1 N–H and O–H groups in total. The van der Waals surface area contributed by atoms with Gasteiger partial charge < -0.3 is 10.1 Å². The smallest absolute Gasteiger partial charge is 0.407 e. The first-order valence-corrected chi connectivity index (χ1v) is 4.99. The van der Waals surface area contributed by atoms with Gasteiger partial charge in [0.1, 0.15) is 6.61 Å². The van der Waals surface area contributed by atoms with Gasteiger partial charge in [0.25, 0.3) is 0 Å². The van der Waals surface area contributed by atoms with Crippen LogP contribution in [0.2, 0.25) is 0 Å². The van der Waals surface area contributed by atoms with Gasteiger partial charge in [0.15, 0.2) is 0 Å². The molecule has 1 rings (SSSR count). The molecule has 0 aliphatic rings. The number of amides is 1. The van der Waals surface area contributed by atoms with Gasteiger partial charge in [0.05, 0.1) is 6.54 Å². The molecule has 0 saturated heterocycles. The first-order chi connectivity index (χ1) is 7.18. The Balaban J connectivity index is 2.23. The summed E-state index contributed by atoms with van der Waals surface area (Å²) in [4.78, 5) is 11.2. The Bertz CT molecular complexity index is 296. The minimum absolute atomic E-state index is 0.304. The van der Waals surface area contributed by atoms with Gasteiger partial charge in [0.2, 0.25) is 0 Å². The largest absolute Gasteiger partial charge is 0.445 e. The third-order valence-corrected chi connectivity index (χ3v) is 1.75. The van der Waals surface area contributed by atoms with Crippen molar-refractivity contribution < 1.29 is 9.53 Å². The van der Waals surface area contributed by atoms with Gasteiger partial charge >= 0.3 is 6.09 Å². The molecule has 0 spiro atoms. The molecule has 0 atom stereocenters. The van der Waals surface area contributed by atoms with Crippen molar-refractivity contribution in [1.29, 1.82) is 0 Å². The van der Waals surface area contributed by atoms with E-state index in [1.807, 2.05) is 44.2 Å². The van der Waals surface area contributed by atoms with Gasteiger partial charge in [-0.15, -0.1) is 0 Å². The van der Waals surface area contributed by atoms with Crippen LogP contribution >= 0.6 is 0 Å². The number of carbonyl (C=O) groups excluding carboxylic acids is 1. The van der Waals surface area contributed by atoms with Crippen LogP contribution in [0.4, 0.5) is 4.79 Å². The van der Waals surface area contributed by atoms with Crippen molar-refractivity contribution in [3.8, 4) is 0 Å². The molecule has 1 aromatic rings. The van der Waals surface area contributed by atoms with Crippen molar-refractivity contribution in [2.24, 2.45) is 5.92 Å². The highest BCUT2D eigenvalue weighted by Gasteiger charge is 2.03. The second-order valence-electron chi connectivity index (χ2n) is 3.62. The minimum Gasteiger partial charge on any atom is -0.445 e. The van der Waals surface area contributed by atoms with Crippen LogP contribution < -0.4 is 5.32 Å². The van der Waals surface area contributed by atoms with Crippen molar-refractivity contribution in [1.82, 2.24) is 5.32 Å². The number of ether oxygens (including phenoxy) is 1. The maximum Gasteiger partial charge on any atom is 0.407 e. The summed E-state index contributed by atoms with van der Waals surface area (Å²) < 4.78 is 5.00. The molecule has 0 bridgehead atoms. The minimum atomic E-state index is -0.410. The summed E-state index contributed by atoms with van der Waals surface area (Å²) in [5.74, 6) is 0.314. The van der Waals surface area contributed by atoms with Gasteiger partial charge in [-0.25, -0.2) is 4.79 Å². The highest BCUT2D eigenvalue weighted by Crippen LogP contribution is 2.01. The number of alkyl carbamates (subject to hydrolysis) is 1. The molecule has 1 amide bonds. The third-order valence-electron chi connectivity index (χ3n) is 1.75. The predicted octanol–water partition coefficient (Wildman–Crippen LogP) is 2.73. The summed E-state index contributed by atoms with van der Waals surface area (Å²) in [6, 6.07) is 9.59. The maximum atomic E-state index is 11.2. The molecule has 0 aromatic heterocycles. The summed E-state index contributed by atoms with van der Waals surface area (Å²) in [5.41, 5.74) is 0.984. The fraction of sp³-hybridized carbons (Fsp3) is 0.333. The Kier molecular flexibility index (Phi) is 4.68. The van der Waals surface area contributed by atoms with E-state index in [0.29, 0.717) is 12.5 Å². The van der Waals surface area contributed by atoms with Crippen LogP contribution in [0.1, 0.15) is 19.4 Å². The van der Waals surface area contributed by atoms with Crippen LogP contribution in [0.15, 0.2) is 30.3 Å². The zero-order chi connectivity index (χ0) is 11.1. The van der Waals surface area contributed by atoms with Crippen molar-refractivity contribution in [3.63, 3.8) is 0 Å². The molecule has 0 aliphatic carbocycles. The number of benzene rings is 1. The molecule has 3 nitrogen and oxygen atoms in total. The highest BCUT2D eigenvalue weighted by atomic mass is 16.5. The molecule has 0 aliphatic heterocycles. The van der Waals surface area contributed by atoms with Crippen LogP contribution in [-0.4, -0.2) is 6.09 Å². The number of hydrogen-bond acceptors (Lipinski definition) is 2. The fourth-order valence-electron chi connectivity index (χ4n) is 0.999. The lowest BCUT2D eigenvalue weighted by Crippen LogP contribution is -2.23. The van der Waals surface area contributed by atoms with Crippen LogP contribution in [0, 0.1) is 12.5 Å². The summed E-state index contributed by atoms with van der Waals surface area (Å²) in [5, 5.41) is 2.57. The highest BCUT2D eigenvalue weighted by molar-refractivity contribution is 5.67. The molecular weight excluding hydrogens is 190 g/mol. The van der Waals surface area contributed by atoms with E-state index in [-0.39, 0.29) is 0 Å². The summed E-state index contributed by atoms with van der Waals surface area (Å²) >= 11 is 0. The second kappa shape index (κ2) is 6.06. The lowest BCUT2D eigenvalue weighted by atomic mass is 10.2. The molecule has 81 valence electrons. The van der Waals surface area contributed by atoms with Gasteiger partial charge in [-0.2, -0.15) is 0 Å². The van der Waals surface area contributed by atoms with Crippen LogP contribution in [0.3, 0.4) is 0 Å². The molecule has 15 heavy (non-hydrogen) atoms. The maximum absolute atomic E-state index is 11.2. The number of nitrogens with one attached hydrogen (secondary N) is 1. The lowest BCUT2D eigenvalue weighted by Gasteiger charge is -2.07. The van der Waals surface area contributed by atoms with E-state index in [1.165, 1.54) is 0 Å². The predicted molar refractivity (Wildman–Crippen MR) is 58.9 cm³/mol. The zero-order valence-electron chi connectivity index (χ0n) is 9.07. The monoisotopic (exact) mass is 206 g/mol. The first kappa shape index (κ1) is 11.6. The average Bonchev–Trinajstić information content (AvgIpc) is 2.25. The molecular formula is C12H16NO2. The van der Waals surface area contributed by atoms with Crippen molar-refractivity contribution in [2.75, 3.05) is 0 Å². The average molecular weight is 206 g/mol. The van der Waals surface area contributed by atoms with E-state index >= 15 is 0 Å². The number of rotatable bonds is 4. The standard InChI is InChI=1S/C12H16NO2/c1-10(2)8-13-12(14)15-9-11-6-4-3-5-7-11/h3-8,10H,9H2,1-2H3,(H,13,14). The van der Waals surface area contributed by atoms with Crippen molar-refractivity contribution in [2.45, 2.75) is 20.5 Å². The Labute approximate surface area is 90.4 Å². The van der Waals surface area contributed by atoms with Gasteiger partial charge in [-0.1, -0.05) is 44.2 Å². The molecule has 0 fully saturated rings. The van der Waals surface area contributed by atoms with E-state index in [1.54, 1.807) is 6.54 Å². The fourth-order valence-corrected chi connectivity index (χ4v) is 0.999. The van der Waals surface area contributed by atoms with Crippen LogP contribution in [0.5, 0.6) is 0 Å². The summed E-state index contributed by atoms with van der Waals surface area (Å²) in [6.07, 6.45) is -0.410. The van der Waals surface area contributed by atoms with E-state index in [9.17, 15) is 4.79 Å². The third kappa shape index (κ3) is 5.05. The SMILES string of the molecule is CC(C)[CH]NC(=O)OCc1ccccc1. The van der Waals surface area contributed by atoms with Gasteiger partial charge in [0, 0.05) is 0 Å². The lowest BCUT2D eigenvalue weighted by molar-refractivity contribution is 0.141. The second-order valence-corrected chi connectivity index (χ2v) is 3.62. The molecule has 1 radical (unpaired) electrons. The Hall–Kier alpha value is -1.51. The van der Waals surface area contributed by atoms with E-state index in [2.05, 4.69) is 5.32 Å². The van der Waals surface area contributed by atoms with Crippen LogP contribution in [0.25, 0.3) is 0 Å². The molecule has 0 saturated carbocycles. The first-order valence-electron chi connectivity index (χ1n) is 4.99. The zero-order valence-corrected chi connectivity index (χ0v) is 9.07. The van der Waals surface area contributed by atoms with E-state index in [4.69, 9.17) is 4.74 Å². The normalized spacial score (nSPS) is 10.1. The van der Waals surface area contributed by atoms with Gasteiger partial charge in [-0.05, 0) is 11.5 Å². The Morgan fingerprint density at radius 2 is 2.07 bits per heavy atom.